The van der Waals surface area contributed by atoms with E-state index in [1.807, 2.05) is 4.57 Å². The molecule has 172 valence electrons. The van der Waals surface area contributed by atoms with Crippen molar-refractivity contribution >= 4 is 17.7 Å². The van der Waals surface area contributed by atoms with Gasteiger partial charge in [0.15, 0.2) is 11.0 Å². The largest absolute Gasteiger partial charge is 0.376 e. The first-order chi connectivity index (χ1) is 15.6. The third-order valence-electron chi connectivity index (χ3n) is 7.39. The van der Waals surface area contributed by atoms with Gasteiger partial charge in [0, 0.05) is 18.2 Å². The van der Waals surface area contributed by atoms with E-state index in [-0.39, 0.29) is 23.9 Å². The maximum atomic E-state index is 13.4. The van der Waals surface area contributed by atoms with Crippen LogP contribution in [0.1, 0.15) is 45.4 Å². The van der Waals surface area contributed by atoms with E-state index in [1.165, 1.54) is 49.6 Å². The lowest BCUT2D eigenvalue weighted by molar-refractivity contribution is -0.119. The Labute approximate surface area is 192 Å². The standard InChI is InChI=1S/C24H31FN4O2S/c1-15(21-12-16-4-5-18(21)11-16)26-22(30)14-32-24-28-27-23(17-6-8-19(25)9-7-17)29(24)13-20-3-2-10-31-20/h6-9,15-16,18,20-21H,2-5,10-14H2,1H3,(H,26,30)/t15-,16-,18-,20+,21+/m1/s1. The Bertz CT molecular complexity index is 944. The van der Waals surface area contributed by atoms with Crippen molar-refractivity contribution < 1.29 is 13.9 Å². The van der Waals surface area contributed by atoms with Gasteiger partial charge in [0.1, 0.15) is 5.82 Å². The van der Waals surface area contributed by atoms with Crippen LogP contribution in [-0.4, -0.2) is 45.2 Å². The summed E-state index contributed by atoms with van der Waals surface area (Å²) in [6, 6.07) is 6.50. The first-order valence-corrected chi connectivity index (χ1v) is 12.8. The van der Waals surface area contributed by atoms with Gasteiger partial charge in [-0.25, -0.2) is 4.39 Å². The van der Waals surface area contributed by atoms with Crippen LogP contribution in [0.25, 0.3) is 11.4 Å². The Morgan fingerprint density at radius 3 is 2.78 bits per heavy atom. The average Bonchev–Trinajstić information content (AvgIpc) is 3.59. The normalized spacial score (nSPS) is 27.7. The highest BCUT2D eigenvalue weighted by Gasteiger charge is 2.42. The number of nitrogens with zero attached hydrogens (tertiary/aromatic N) is 3. The first-order valence-electron chi connectivity index (χ1n) is 11.8. The van der Waals surface area contributed by atoms with Crippen molar-refractivity contribution in [3.63, 3.8) is 0 Å². The second-order valence-corrected chi connectivity index (χ2v) is 10.5. The van der Waals surface area contributed by atoms with Crippen molar-refractivity contribution in [1.82, 2.24) is 20.1 Å². The summed E-state index contributed by atoms with van der Waals surface area (Å²) in [6.45, 7) is 3.55. The summed E-state index contributed by atoms with van der Waals surface area (Å²) in [7, 11) is 0. The zero-order valence-corrected chi connectivity index (χ0v) is 19.3. The molecule has 1 N–H and O–H groups in total. The van der Waals surface area contributed by atoms with Crippen molar-refractivity contribution in [2.24, 2.45) is 17.8 Å². The number of aromatic nitrogens is 3. The molecular formula is C24H31FN4O2S. The number of benzene rings is 1. The number of fused-ring (bicyclic) bond motifs is 2. The fourth-order valence-corrected chi connectivity index (χ4v) is 6.56. The molecule has 2 aliphatic carbocycles. The lowest BCUT2D eigenvalue weighted by Gasteiger charge is -2.28. The van der Waals surface area contributed by atoms with Gasteiger partial charge in [-0.05, 0) is 81.0 Å². The van der Waals surface area contributed by atoms with Crippen molar-refractivity contribution in [3.8, 4) is 11.4 Å². The summed E-state index contributed by atoms with van der Waals surface area (Å²) in [4.78, 5) is 12.7. The molecule has 6 nitrogen and oxygen atoms in total. The molecule has 5 atom stereocenters. The molecule has 3 aliphatic rings. The van der Waals surface area contributed by atoms with Crippen molar-refractivity contribution in [2.45, 2.75) is 69.3 Å². The van der Waals surface area contributed by atoms with Crippen molar-refractivity contribution in [3.05, 3.63) is 30.1 Å². The number of carbonyl (C=O) groups excluding carboxylic acids is 1. The molecule has 8 heteroatoms. The maximum Gasteiger partial charge on any atom is 0.230 e. The van der Waals surface area contributed by atoms with Crippen molar-refractivity contribution in [1.29, 1.82) is 0 Å². The molecule has 1 aliphatic heterocycles. The summed E-state index contributed by atoms with van der Waals surface area (Å²) in [5, 5.41) is 12.7. The van der Waals surface area contributed by atoms with Crippen molar-refractivity contribution in [2.75, 3.05) is 12.4 Å². The number of hydrogen-bond acceptors (Lipinski definition) is 5. The monoisotopic (exact) mass is 458 g/mol. The zero-order valence-electron chi connectivity index (χ0n) is 18.5. The molecule has 2 saturated carbocycles. The summed E-state index contributed by atoms with van der Waals surface area (Å²) in [5.74, 6) is 3.03. The van der Waals surface area contributed by atoms with Crippen LogP contribution in [0.4, 0.5) is 4.39 Å². The second-order valence-electron chi connectivity index (χ2n) is 9.54. The first kappa shape index (κ1) is 21.9. The Kier molecular flexibility index (Phi) is 6.51. The van der Waals surface area contributed by atoms with E-state index in [9.17, 15) is 9.18 Å². The van der Waals surface area contributed by atoms with Crippen LogP contribution >= 0.6 is 11.8 Å². The molecule has 32 heavy (non-hydrogen) atoms. The van der Waals surface area contributed by atoms with E-state index in [0.29, 0.717) is 29.2 Å². The van der Waals surface area contributed by atoms with Crippen LogP contribution in [-0.2, 0) is 16.1 Å². The number of carbonyl (C=O) groups is 1. The Morgan fingerprint density at radius 2 is 2.09 bits per heavy atom. The molecule has 0 radical (unpaired) electrons. The van der Waals surface area contributed by atoms with Crippen LogP contribution in [0.5, 0.6) is 0 Å². The molecule has 1 saturated heterocycles. The lowest BCUT2D eigenvalue weighted by Crippen LogP contribution is -2.41. The Balaban J connectivity index is 1.25. The SMILES string of the molecule is C[C@@H](NC(=O)CSc1nnc(-c2ccc(F)cc2)n1C[C@@H]1CCCO1)[C@@H]1C[C@@H]2CC[C@@H]1C2. The van der Waals surface area contributed by atoms with E-state index in [1.54, 1.807) is 12.1 Å². The fraction of sp³-hybridized carbons (Fsp3) is 0.625. The van der Waals surface area contributed by atoms with Crippen LogP contribution in [0.3, 0.4) is 0 Å². The van der Waals surface area contributed by atoms with E-state index < -0.39 is 0 Å². The van der Waals surface area contributed by atoms with Gasteiger partial charge in [0.2, 0.25) is 5.91 Å². The highest BCUT2D eigenvalue weighted by Crippen LogP contribution is 2.49. The van der Waals surface area contributed by atoms with E-state index in [4.69, 9.17) is 4.74 Å². The van der Waals surface area contributed by atoms with E-state index in [2.05, 4.69) is 22.4 Å². The Hall–Kier alpha value is -1.93. The number of rotatable bonds is 8. The third-order valence-corrected chi connectivity index (χ3v) is 8.35. The molecule has 0 spiro atoms. The smallest absolute Gasteiger partial charge is 0.230 e. The van der Waals surface area contributed by atoms with Gasteiger partial charge >= 0.3 is 0 Å². The zero-order chi connectivity index (χ0) is 22.1. The van der Waals surface area contributed by atoms with Gasteiger partial charge in [0.05, 0.1) is 18.4 Å². The summed E-state index contributed by atoms with van der Waals surface area (Å²) in [5.41, 5.74) is 0.804. The molecule has 1 amide bonds. The molecule has 2 bridgehead atoms. The number of halogens is 1. The van der Waals surface area contributed by atoms with Gasteiger partial charge in [-0.3, -0.25) is 9.36 Å². The molecule has 1 aromatic carbocycles. The van der Waals surface area contributed by atoms with Gasteiger partial charge < -0.3 is 10.1 Å². The van der Waals surface area contributed by atoms with Crippen LogP contribution in [0, 0.1) is 23.6 Å². The molecule has 1 aromatic heterocycles. The number of amides is 1. The molecule has 2 heterocycles. The number of hydrogen-bond donors (Lipinski definition) is 1. The van der Waals surface area contributed by atoms with Gasteiger partial charge in [-0.1, -0.05) is 18.2 Å². The predicted octanol–water partition coefficient (Wildman–Crippen LogP) is 4.30. The highest BCUT2D eigenvalue weighted by molar-refractivity contribution is 7.99. The predicted molar refractivity (Wildman–Crippen MR) is 122 cm³/mol. The number of nitrogens with one attached hydrogen (secondary N) is 1. The van der Waals surface area contributed by atoms with Gasteiger partial charge in [0.25, 0.3) is 0 Å². The maximum absolute atomic E-state index is 13.4. The van der Waals surface area contributed by atoms with Crippen LogP contribution < -0.4 is 5.32 Å². The Morgan fingerprint density at radius 1 is 1.25 bits per heavy atom. The van der Waals surface area contributed by atoms with E-state index >= 15 is 0 Å². The van der Waals surface area contributed by atoms with Gasteiger partial charge in [-0.2, -0.15) is 0 Å². The van der Waals surface area contributed by atoms with Crippen LogP contribution in [0.15, 0.2) is 29.4 Å². The third kappa shape index (κ3) is 4.71. The topological polar surface area (TPSA) is 69.0 Å². The molecule has 0 unspecified atom stereocenters. The minimum absolute atomic E-state index is 0.0419. The summed E-state index contributed by atoms with van der Waals surface area (Å²) in [6.07, 6.45) is 7.44. The molecule has 3 fully saturated rings. The minimum Gasteiger partial charge on any atom is -0.376 e. The average molecular weight is 459 g/mol. The quantitative estimate of drug-likeness (QED) is 0.598. The number of thioether (sulfide) groups is 1. The molecular weight excluding hydrogens is 427 g/mol. The number of ether oxygens (including phenoxy) is 1. The summed E-state index contributed by atoms with van der Waals surface area (Å²) < 4.78 is 21.2. The fourth-order valence-electron chi connectivity index (χ4n) is 5.80. The van der Waals surface area contributed by atoms with Crippen LogP contribution in [0.2, 0.25) is 0 Å². The summed E-state index contributed by atoms with van der Waals surface area (Å²) >= 11 is 1.40. The van der Waals surface area contributed by atoms with E-state index in [0.717, 1.165) is 36.8 Å². The highest BCUT2D eigenvalue weighted by atomic mass is 32.2. The second kappa shape index (κ2) is 9.51. The minimum atomic E-state index is -0.283. The molecule has 5 rings (SSSR count). The molecule has 2 aromatic rings. The lowest BCUT2D eigenvalue weighted by atomic mass is 9.84. The van der Waals surface area contributed by atoms with Gasteiger partial charge in [-0.15, -0.1) is 10.2 Å².